The molecule has 9 nitrogen and oxygen atoms in total. The van der Waals surface area contributed by atoms with Crippen molar-refractivity contribution >= 4 is 27.5 Å². The fraction of sp³-hybridized carbons (Fsp3) is 0.208. The summed E-state index contributed by atoms with van der Waals surface area (Å²) in [6.07, 6.45) is 0. The molecule has 1 atom stereocenters. The number of aromatic nitrogens is 2. The first-order valence-corrected chi connectivity index (χ1v) is 11.3. The summed E-state index contributed by atoms with van der Waals surface area (Å²) in [4.78, 5) is 12.4. The van der Waals surface area contributed by atoms with Crippen LogP contribution in [0.3, 0.4) is 0 Å². The molecule has 34 heavy (non-hydrogen) atoms. The number of rotatable bonds is 7. The highest BCUT2D eigenvalue weighted by Crippen LogP contribution is 2.46. The molecule has 3 aromatic rings. The van der Waals surface area contributed by atoms with Gasteiger partial charge in [0.25, 0.3) is 5.91 Å². The second-order valence-corrected chi connectivity index (χ2v) is 8.31. The highest BCUT2D eigenvalue weighted by molar-refractivity contribution is 9.10. The van der Waals surface area contributed by atoms with Gasteiger partial charge in [-0.2, -0.15) is 5.26 Å². The molecule has 1 aliphatic rings. The second kappa shape index (κ2) is 9.89. The molecule has 2 aromatic carbocycles. The van der Waals surface area contributed by atoms with Gasteiger partial charge in [-0.15, -0.1) is 5.10 Å². The number of H-pyrrole nitrogens is 1. The first-order valence-electron chi connectivity index (χ1n) is 10.5. The van der Waals surface area contributed by atoms with Crippen LogP contribution in [0.2, 0.25) is 0 Å². The van der Waals surface area contributed by atoms with Crippen molar-refractivity contribution in [2.75, 3.05) is 18.5 Å². The van der Waals surface area contributed by atoms with E-state index in [1.165, 1.54) is 0 Å². The lowest BCUT2D eigenvalue weighted by molar-refractivity contribution is -0.118. The van der Waals surface area contributed by atoms with Crippen molar-refractivity contribution in [3.63, 3.8) is 0 Å². The first kappa shape index (κ1) is 23.2. The normalized spacial score (nSPS) is 14.6. The lowest BCUT2D eigenvalue weighted by Gasteiger charge is -2.25. The van der Waals surface area contributed by atoms with Crippen molar-refractivity contribution in [2.45, 2.75) is 19.8 Å². The van der Waals surface area contributed by atoms with Crippen molar-refractivity contribution < 1.29 is 19.0 Å². The molecule has 4 N–H and O–H groups in total. The number of aromatic amines is 1. The van der Waals surface area contributed by atoms with Gasteiger partial charge < -0.3 is 25.3 Å². The Labute approximate surface area is 204 Å². The maximum Gasteiger partial charge on any atom is 0.262 e. The lowest BCUT2D eigenvalue weighted by Crippen LogP contribution is -2.22. The Morgan fingerprint density at radius 1 is 1.32 bits per heavy atom. The van der Waals surface area contributed by atoms with Crippen molar-refractivity contribution in [2.24, 2.45) is 5.73 Å². The van der Waals surface area contributed by atoms with Crippen LogP contribution in [-0.4, -0.2) is 29.3 Å². The lowest BCUT2D eigenvalue weighted by atomic mass is 9.84. The summed E-state index contributed by atoms with van der Waals surface area (Å²) in [6, 6.07) is 14.9. The molecule has 174 valence electrons. The van der Waals surface area contributed by atoms with Crippen LogP contribution in [0, 0.1) is 18.3 Å². The standard InChI is InChI=1S/C24H22BrN5O4/c1-3-32-18-10-14(21-16(11-26)23(27)34-24-20(21)13(2)29-30-24)9-17(25)22(18)33-12-19(31)28-15-7-5-4-6-8-15/h4-10,21H,3,12,27H2,1-2H3,(H,28,31)(H,29,30). The fourth-order valence-corrected chi connectivity index (χ4v) is 4.32. The van der Waals surface area contributed by atoms with Gasteiger partial charge in [0, 0.05) is 16.9 Å². The van der Waals surface area contributed by atoms with Crippen molar-refractivity contribution in [3.05, 3.63) is 75.2 Å². The summed E-state index contributed by atoms with van der Waals surface area (Å²) < 4.78 is 17.7. The number of fused-ring (bicyclic) bond motifs is 1. The fourth-order valence-electron chi connectivity index (χ4n) is 3.75. The predicted molar refractivity (Wildman–Crippen MR) is 128 cm³/mol. The number of nitrogens with zero attached hydrogens (tertiary/aromatic N) is 2. The summed E-state index contributed by atoms with van der Waals surface area (Å²) in [6.45, 7) is 3.85. The van der Waals surface area contributed by atoms with Gasteiger partial charge in [0.15, 0.2) is 18.1 Å². The number of hydrogen-bond acceptors (Lipinski definition) is 7. The van der Waals surface area contributed by atoms with E-state index < -0.39 is 5.92 Å². The molecule has 1 amide bonds. The summed E-state index contributed by atoms with van der Waals surface area (Å²) in [7, 11) is 0. The number of ether oxygens (including phenoxy) is 3. The monoisotopic (exact) mass is 523 g/mol. The van der Waals surface area contributed by atoms with E-state index in [9.17, 15) is 10.1 Å². The Morgan fingerprint density at radius 2 is 2.09 bits per heavy atom. The summed E-state index contributed by atoms with van der Waals surface area (Å²) in [5, 5.41) is 19.6. The van der Waals surface area contributed by atoms with Crippen LogP contribution in [0.15, 0.2) is 58.4 Å². The molecule has 1 unspecified atom stereocenters. The van der Waals surface area contributed by atoms with E-state index >= 15 is 0 Å². The first-order chi connectivity index (χ1) is 16.4. The van der Waals surface area contributed by atoms with E-state index in [2.05, 4.69) is 37.5 Å². The van der Waals surface area contributed by atoms with Crippen LogP contribution < -0.4 is 25.3 Å². The number of nitriles is 1. The summed E-state index contributed by atoms with van der Waals surface area (Å²) in [5.74, 6) is 0.294. The van der Waals surface area contributed by atoms with Gasteiger partial charge in [0.05, 0.1) is 17.0 Å². The SMILES string of the molecule is CCOc1cc(C2C(C#N)=C(N)Oc3n[nH]c(C)c32)cc(Br)c1OCC(=O)Nc1ccccc1. The smallest absolute Gasteiger partial charge is 0.262 e. The molecule has 0 saturated heterocycles. The Kier molecular flexibility index (Phi) is 6.75. The molecule has 0 fully saturated rings. The number of para-hydroxylation sites is 1. The van der Waals surface area contributed by atoms with Crippen LogP contribution in [0.1, 0.15) is 29.7 Å². The van der Waals surface area contributed by atoms with Crippen LogP contribution in [0.25, 0.3) is 0 Å². The van der Waals surface area contributed by atoms with Crippen molar-refractivity contribution in [1.29, 1.82) is 5.26 Å². The van der Waals surface area contributed by atoms with E-state index in [0.29, 0.717) is 34.1 Å². The average molecular weight is 524 g/mol. The molecular formula is C24H22BrN5O4. The Balaban J connectivity index is 1.66. The molecule has 0 bridgehead atoms. The van der Waals surface area contributed by atoms with Gasteiger partial charge in [-0.05, 0) is 59.6 Å². The number of hydrogen-bond donors (Lipinski definition) is 3. The summed E-state index contributed by atoms with van der Waals surface area (Å²) in [5.41, 5.74) is 9.16. The quantitative estimate of drug-likeness (QED) is 0.423. The van der Waals surface area contributed by atoms with Crippen molar-refractivity contribution in [1.82, 2.24) is 10.2 Å². The van der Waals surface area contributed by atoms with E-state index in [0.717, 1.165) is 16.8 Å². The second-order valence-electron chi connectivity index (χ2n) is 7.46. The Morgan fingerprint density at radius 3 is 2.79 bits per heavy atom. The zero-order valence-corrected chi connectivity index (χ0v) is 20.1. The van der Waals surface area contributed by atoms with E-state index in [1.54, 1.807) is 18.2 Å². The molecular weight excluding hydrogens is 502 g/mol. The molecule has 0 radical (unpaired) electrons. The molecule has 10 heteroatoms. The molecule has 0 spiro atoms. The minimum Gasteiger partial charge on any atom is -0.490 e. The third-order valence-electron chi connectivity index (χ3n) is 5.20. The molecule has 0 aliphatic carbocycles. The largest absolute Gasteiger partial charge is 0.490 e. The summed E-state index contributed by atoms with van der Waals surface area (Å²) >= 11 is 3.54. The molecule has 4 rings (SSSR count). The number of halogens is 1. The predicted octanol–water partition coefficient (Wildman–Crippen LogP) is 4.12. The number of amides is 1. The minimum atomic E-state index is -0.515. The molecule has 1 aromatic heterocycles. The number of carbonyl (C=O) groups is 1. The van der Waals surface area contributed by atoms with E-state index in [-0.39, 0.29) is 24.0 Å². The number of anilines is 1. The molecule has 1 aliphatic heterocycles. The minimum absolute atomic E-state index is 0.00140. The third-order valence-corrected chi connectivity index (χ3v) is 5.79. The number of nitrogens with one attached hydrogen (secondary N) is 2. The number of allylic oxidation sites excluding steroid dienone is 1. The zero-order valence-electron chi connectivity index (χ0n) is 18.5. The third kappa shape index (κ3) is 4.56. The Hall–Kier alpha value is -3.97. The number of benzene rings is 2. The number of nitrogens with two attached hydrogens (primary N) is 1. The van der Waals surface area contributed by atoms with Gasteiger partial charge in [0.2, 0.25) is 11.8 Å². The van der Waals surface area contributed by atoms with Gasteiger partial charge >= 0.3 is 0 Å². The molecule has 0 saturated carbocycles. The average Bonchev–Trinajstić information content (AvgIpc) is 3.18. The maximum atomic E-state index is 12.4. The van der Waals surface area contributed by atoms with E-state index in [4.69, 9.17) is 19.9 Å². The van der Waals surface area contributed by atoms with E-state index in [1.807, 2.05) is 38.1 Å². The molecule has 2 heterocycles. The van der Waals surface area contributed by atoms with Gasteiger partial charge in [-0.25, -0.2) is 0 Å². The van der Waals surface area contributed by atoms with Crippen LogP contribution in [0.4, 0.5) is 5.69 Å². The van der Waals surface area contributed by atoms with Gasteiger partial charge in [-0.3, -0.25) is 9.89 Å². The van der Waals surface area contributed by atoms with Crippen LogP contribution in [0.5, 0.6) is 17.4 Å². The number of aryl methyl sites for hydroxylation is 1. The topological polar surface area (TPSA) is 135 Å². The van der Waals surface area contributed by atoms with Gasteiger partial charge in [-0.1, -0.05) is 18.2 Å². The van der Waals surface area contributed by atoms with Crippen LogP contribution in [-0.2, 0) is 4.79 Å². The maximum absolute atomic E-state index is 12.4. The zero-order chi connectivity index (χ0) is 24.2. The van der Waals surface area contributed by atoms with Gasteiger partial charge in [0.1, 0.15) is 11.6 Å². The number of carbonyl (C=O) groups excluding carboxylic acids is 1. The van der Waals surface area contributed by atoms with Crippen LogP contribution >= 0.6 is 15.9 Å². The Bertz CT molecular complexity index is 1300. The highest BCUT2D eigenvalue weighted by atomic mass is 79.9. The van der Waals surface area contributed by atoms with Crippen molar-refractivity contribution in [3.8, 4) is 23.4 Å². The highest BCUT2D eigenvalue weighted by Gasteiger charge is 2.35.